The Morgan fingerprint density at radius 2 is 1.95 bits per heavy atom. The lowest BCUT2D eigenvalue weighted by Gasteiger charge is -2.15. The first-order valence-corrected chi connectivity index (χ1v) is 12.3. The van der Waals surface area contributed by atoms with Gasteiger partial charge in [-0.1, -0.05) is 12.1 Å². The molecule has 2 aromatic carbocycles. The van der Waals surface area contributed by atoms with Gasteiger partial charge < -0.3 is 29.7 Å². The van der Waals surface area contributed by atoms with Crippen molar-refractivity contribution in [2.75, 3.05) is 44.9 Å². The number of amides is 1. The average Bonchev–Trinajstić information content (AvgIpc) is 2.93. The van der Waals surface area contributed by atoms with E-state index in [4.69, 9.17) is 18.3 Å². The molecule has 0 bridgehead atoms. The second-order valence-corrected chi connectivity index (χ2v) is 8.67. The van der Waals surface area contributed by atoms with Gasteiger partial charge in [0.15, 0.2) is 11.5 Å². The Morgan fingerprint density at radius 3 is 2.72 bits per heavy atom. The van der Waals surface area contributed by atoms with E-state index in [1.165, 1.54) is 18.5 Å². The van der Waals surface area contributed by atoms with Crippen LogP contribution in [0.3, 0.4) is 0 Å². The van der Waals surface area contributed by atoms with Gasteiger partial charge in [0.2, 0.25) is 5.91 Å². The van der Waals surface area contributed by atoms with Crippen molar-refractivity contribution in [3.63, 3.8) is 0 Å². The minimum absolute atomic E-state index is 0.0189. The summed E-state index contributed by atoms with van der Waals surface area (Å²) >= 11 is 0. The number of anilines is 3. The molecule has 0 aliphatic carbocycles. The highest BCUT2D eigenvalue weighted by atomic mass is 16.5. The Balaban J connectivity index is 1.64. The van der Waals surface area contributed by atoms with E-state index >= 15 is 0 Å². The number of likely N-dealkylation sites (N-methyl/N-ethyl adjacent to an activating group) is 1. The number of nitrogens with one attached hydrogen (secondary N) is 2. The zero-order valence-electron chi connectivity index (χ0n) is 25.0. The second kappa shape index (κ2) is 13.2. The summed E-state index contributed by atoms with van der Waals surface area (Å²) in [6.45, 7) is 2.98. The third-order valence-corrected chi connectivity index (χ3v) is 5.45. The summed E-state index contributed by atoms with van der Waals surface area (Å²) in [6.07, 6.45) is 6.26. The van der Waals surface area contributed by atoms with Gasteiger partial charge in [-0.05, 0) is 51.4 Å². The van der Waals surface area contributed by atoms with Gasteiger partial charge in [0.1, 0.15) is 24.5 Å². The Morgan fingerprint density at radius 1 is 1.05 bits per heavy atom. The molecule has 202 valence electrons. The number of rotatable bonds is 12. The normalized spacial score (nSPS) is 12.6. The molecular formula is C29H32N6O4. The van der Waals surface area contributed by atoms with E-state index in [1.54, 1.807) is 48.7 Å². The molecule has 0 radical (unpaired) electrons. The molecular weight excluding hydrogens is 496 g/mol. The van der Waals surface area contributed by atoms with Crippen molar-refractivity contribution >= 4 is 34.0 Å². The number of ether oxygens (including phenoxy) is 3. The molecule has 0 atom stereocenters. The molecule has 0 spiro atoms. The number of hydrogen-bond acceptors (Lipinski definition) is 9. The van der Waals surface area contributed by atoms with Gasteiger partial charge in [-0.15, -0.1) is 0 Å². The highest BCUT2D eigenvalue weighted by molar-refractivity contribution is 6.03. The van der Waals surface area contributed by atoms with Crippen LogP contribution < -0.4 is 24.8 Å². The van der Waals surface area contributed by atoms with Crippen LogP contribution in [-0.4, -0.2) is 60.0 Å². The first kappa shape index (κ1) is 23.4. The van der Waals surface area contributed by atoms with E-state index in [0.29, 0.717) is 52.7 Å². The number of carbonyl (C=O) groups is 1. The van der Waals surface area contributed by atoms with E-state index in [0.717, 1.165) is 0 Å². The van der Waals surface area contributed by atoms with Gasteiger partial charge in [0, 0.05) is 42.0 Å². The van der Waals surface area contributed by atoms with Gasteiger partial charge in [-0.25, -0.2) is 9.97 Å². The van der Waals surface area contributed by atoms with E-state index in [9.17, 15) is 4.79 Å². The van der Waals surface area contributed by atoms with E-state index in [2.05, 4.69) is 25.6 Å². The topological polar surface area (TPSA) is 111 Å². The van der Waals surface area contributed by atoms with Crippen LogP contribution in [0.4, 0.5) is 17.2 Å². The number of carbonyl (C=O) groups excluding carboxylic acids is 1. The van der Waals surface area contributed by atoms with Crippen LogP contribution >= 0.6 is 0 Å². The van der Waals surface area contributed by atoms with Crippen molar-refractivity contribution in [1.82, 2.24) is 19.9 Å². The fraction of sp³-hybridized carbons (Fsp3) is 0.241. The fourth-order valence-electron chi connectivity index (χ4n) is 3.66. The summed E-state index contributed by atoms with van der Waals surface area (Å²) in [4.78, 5) is 27.5. The molecule has 0 aliphatic heterocycles. The van der Waals surface area contributed by atoms with E-state index in [-0.39, 0.29) is 24.0 Å². The third kappa shape index (κ3) is 7.42. The first-order valence-electron chi connectivity index (χ1n) is 13.8. The summed E-state index contributed by atoms with van der Waals surface area (Å²) < 4.78 is 39.7. The Kier molecular flexibility index (Phi) is 7.93. The van der Waals surface area contributed by atoms with Crippen molar-refractivity contribution in [2.24, 2.45) is 0 Å². The Hall–Kier alpha value is -4.70. The molecule has 1 amide bonds. The quantitative estimate of drug-likeness (QED) is 0.249. The second-order valence-electron chi connectivity index (χ2n) is 8.67. The molecule has 2 N–H and O–H groups in total. The molecule has 4 aromatic rings. The number of methoxy groups -OCH3 is 1. The average molecular weight is 532 g/mol. The van der Waals surface area contributed by atoms with Crippen molar-refractivity contribution in [1.29, 1.82) is 0 Å². The number of aromatic nitrogens is 3. The number of fused-ring (bicyclic) bond motifs is 1. The molecule has 2 aromatic heterocycles. The fourth-order valence-corrected chi connectivity index (χ4v) is 3.66. The zero-order chi connectivity index (χ0) is 30.1. The third-order valence-electron chi connectivity index (χ3n) is 5.45. The number of nitrogens with zero attached hydrogens (tertiary/aromatic N) is 4. The zero-order valence-corrected chi connectivity index (χ0v) is 22.0. The van der Waals surface area contributed by atoms with Crippen molar-refractivity contribution in [3.05, 3.63) is 78.9 Å². The van der Waals surface area contributed by atoms with Crippen molar-refractivity contribution in [2.45, 2.75) is 13.5 Å². The molecule has 0 saturated carbocycles. The van der Waals surface area contributed by atoms with Gasteiger partial charge in [0.25, 0.3) is 0 Å². The van der Waals surface area contributed by atoms with Crippen LogP contribution in [0.15, 0.2) is 73.2 Å². The summed E-state index contributed by atoms with van der Waals surface area (Å²) in [7, 11) is 1.12. The highest BCUT2D eigenvalue weighted by Gasteiger charge is 2.14. The molecule has 0 unspecified atom stereocenters. The summed E-state index contributed by atoms with van der Waals surface area (Å²) in [5, 5.41) is 6.66. The predicted octanol–water partition coefficient (Wildman–Crippen LogP) is 4.81. The van der Waals surface area contributed by atoms with Crippen molar-refractivity contribution in [3.8, 4) is 17.2 Å². The Bertz CT molecular complexity index is 1550. The summed E-state index contributed by atoms with van der Waals surface area (Å²) in [5.74, 6) is 0.834. The van der Waals surface area contributed by atoms with Gasteiger partial charge >= 0.3 is 0 Å². The maximum atomic E-state index is 12.6. The van der Waals surface area contributed by atoms with Gasteiger partial charge in [-0.3, -0.25) is 9.78 Å². The number of benzene rings is 2. The molecule has 2 heterocycles. The predicted molar refractivity (Wildman–Crippen MR) is 152 cm³/mol. The minimum atomic E-state index is -2.70. The minimum Gasteiger partial charge on any atom is -0.493 e. The van der Waals surface area contributed by atoms with Gasteiger partial charge in [-0.2, -0.15) is 0 Å². The summed E-state index contributed by atoms with van der Waals surface area (Å²) in [6, 6.07) is 13.7. The van der Waals surface area contributed by atoms with Crippen LogP contribution in [0, 0.1) is 0 Å². The van der Waals surface area contributed by atoms with Crippen LogP contribution in [0.1, 0.15) is 16.7 Å². The molecule has 39 heavy (non-hydrogen) atoms. The van der Waals surface area contributed by atoms with E-state index in [1.807, 2.05) is 32.0 Å². The van der Waals surface area contributed by atoms with Crippen LogP contribution in [0.2, 0.25) is 0 Å². The molecule has 0 aliphatic rings. The maximum Gasteiger partial charge on any atom is 0.248 e. The molecule has 10 nitrogen and oxygen atoms in total. The SMILES string of the molecule is [2H]C([2H])([2H])Oc1cc(Nc2ncnc3cc(OCC)c(NC(=O)/C=C/CN(C)C)cc23)ccc1OCc1ccccn1. The lowest BCUT2D eigenvalue weighted by molar-refractivity contribution is -0.111. The first-order chi connectivity index (χ1) is 20.1. The number of pyridine rings is 1. The largest absolute Gasteiger partial charge is 0.493 e. The van der Waals surface area contributed by atoms with Crippen LogP contribution in [-0.2, 0) is 11.4 Å². The maximum absolute atomic E-state index is 12.6. The Labute approximate surface area is 231 Å². The van der Waals surface area contributed by atoms with Gasteiger partial charge in [0.05, 0.1) is 34.7 Å². The lowest BCUT2D eigenvalue weighted by Crippen LogP contribution is -2.13. The standard InChI is InChI=1S/C29H32N6O4/c1-5-38-26-17-23-22(16-24(26)34-28(36)10-8-14-35(2)3)29(32-19-31-23)33-20-11-12-25(27(15-20)37-4)39-18-21-9-6-7-13-30-21/h6-13,15-17,19H,5,14,18H2,1-4H3,(H,34,36)(H,31,32,33)/b10-8+/i4D3. The smallest absolute Gasteiger partial charge is 0.248 e. The van der Waals surface area contributed by atoms with E-state index < -0.39 is 7.04 Å². The highest BCUT2D eigenvalue weighted by Crippen LogP contribution is 2.35. The lowest BCUT2D eigenvalue weighted by atomic mass is 10.1. The number of hydrogen-bond donors (Lipinski definition) is 2. The van der Waals surface area contributed by atoms with Crippen molar-refractivity contribution < 1.29 is 23.1 Å². The van der Waals surface area contributed by atoms with Crippen LogP contribution in [0.5, 0.6) is 17.2 Å². The molecule has 0 fully saturated rings. The molecule has 4 rings (SSSR count). The monoisotopic (exact) mass is 531 g/mol. The molecule has 0 saturated heterocycles. The van der Waals surface area contributed by atoms with Crippen LogP contribution in [0.25, 0.3) is 10.9 Å². The molecule has 10 heteroatoms. The summed E-state index contributed by atoms with van der Waals surface area (Å²) in [5.41, 5.74) is 2.19.